The number of aromatic amines is 2. The summed E-state index contributed by atoms with van der Waals surface area (Å²) in [6.45, 7) is 6.55. The highest BCUT2D eigenvalue weighted by Gasteiger charge is 2.21. The van der Waals surface area contributed by atoms with E-state index in [4.69, 9.17) is 4.74 Å². The van der Waals surface area contributed by atoms with Gasteiger partial charge in [-0.25, -0.2) is 9.97 Å². The third-order valence-corrected chi connectivity index (χ3v) is 7.10. The second kappa shape index (κ2) is 13.3. The van der Waals surface area contributed by atoms with E-state index in [0.29, 0.717) is 6.61 Å². The van der Waals surface area contributed by atoms with Crippen LogP contribution in [-0.2, 0) is 17.9 Å². The van der Waals surface area contributed by atoms with Crippen LogP contribution in [0.2, 0.25) is 0 Å². The lowest BCUT2D eigenvalue weighted by atomic mass is 10.0. The number of hydrogen-bond donors (Lipinski definition) is 4. The quantitative estimate of drug-likeness (QED) is 0.130. The van der Waals surface area contributed by atoms with Crippen LogP contribution in [0.5, 0.6) is 0 Å². The Hall–Kier alpha value is -4.04. The SMILES string of the molecule is CCCNCc1ncc(-c2ccc(-c3ccc(-c4cnc([C@@H](NC)[C@@H](C)OCc5ccccc5)[nH]4)cc3)cc2)[nH]1. The number of imidazole rings is 2. The van der Waals surface area contributed by atoms with Crippen molar-refractivity contribution in [3.8, 4) is 33.6 Å². The molecule has 0 spiro atoms. The lowest BCUT2D eigenvalue weighted by Crippen LogP contribution is -2.30. The molecule has 0 unspecified atom stereocenters. The van der Waals surface area contributed by atoms with E-state index < -0.39 is 0 Å². The summed E-state index contributed by atoms with van der Waals surface area (Å²) in [4.78, 5) is 16.1. The molecular formula is C33H38N6O. The Bertz CT molecular complexity index is 1460. The van der Waals surface area contributed by atoms with E-state index in [9.17, 15) is 0 Å². The van der Waals surface area contributed by atoms with Crippen molar-refractivity contribution in [1.82, 2.24) is 30.6 Å². The van der Waals surface area contributed by atoms with Crippen molar-refractivity contribution in [2.45, 2.75) is 45.6 Å². The molecule has 3 aromatic carbocycles. The Labute approximate surface area is 236 Å². The third-order valence-electron chi connectivity index (χ3n) is 7.10. The van der Waals surface area contributed by atoms with E-state index in [1.165, 1.54) is 11.1 Å². The van der Waals surface area contributed by atoms with Crippen molar-refractivity contribution in [1.29, 1.82) is 0 Å². The van der Waals surface area contributed by atoms with Gasteiger partial charge in [0.1, 0.15) is 11.6 Å². The molecule has 0 amide bonds. The number of nitrogens with zero attached hydrogens (tertiary/aromatic N) is 2. The molecule has 0 saturated carbocycles. The van der Waals surface area contributed by atoms with Gasteiger partial charge in [-0.2, -0.15) is 0 Å². The molecule has 0 saturated heterocycles. The maximum atomic E-state index is 6.14. The van der Waals surface area contributed by atoms with Crippen molar-refractivity contribution < 1.29 is 4.74 Å². The minimum absolute atomic E-state index is 0.0474. The predicted molar refractivity (Wildman–Crippen MR) is 162 cm³/mol. The molecule has 7 nitrogen and oxygen atoms in total. The molecule has 0 radical (unpaired) electrons. The Kier molecular flexibility index (Phi) is 9.18. The maximum Gasteiger partial charge on any atom is 0.126 e. The fourth-order valence-corrected chi connectivity index (χ4v) is 4.80. The summed E-state index contributed by atoms with van der Waals surface area (Å²) in [6.07, 6.45) is 4.85. The Morgan fingerprint density at radius 1 is 0.775 bits per heavy atom. The first-order valence-corrected chi connectivity index (χ1v) is 14.0. The topological polar surface area (TPSA) is 90.7 Å². The largest absolute Gasteiger partial charge is 0.372 e. The first kappa shape index (κ1) is 27.5. The van der Waals surface area contributed by atoms with Gasteiger partial charge in [-0.3, -0.25) is 0 Å². The van der Waals surface area contributed by atoms with Crippen molar-refractivity contribution in [2.75, 3.05) is 13.6 Å². The van der Waals surface area contributed by atoms with Crippen molar-refractivity contribution in [3.63, 3.8) is 0 Å². The third kappa shape index (κ3) is 6.74. The van der Waals surface area contributed by atoms with E-state index in [2.05, 4.69) is 105 Å². The molecule has 2 atom stereocenters. The first-order chi connectivity index (χ1) is 19.6. The van der Waals surface area contributed by atoms with E-state index in [-0.39, 0.29) is 12.1 Å². The van der Waals surface area contributed by atoms with Gasteiger partial charge in [0.15, 0.2) is 0 Å². The van der Waals surface area contributed by atoms with Gasteiger partial charge in [0.25, 0.3) is 0 Å². The second-order valence-electron chi connectivity index (χ2n) is 10.0. The van der Waals surface area contributed by atoms with Crippen LogP contribution in [0.1, 0.15) is 43.5 Å². The molecule has 7 heteroatoms. The van der Waals surface area contributed by atoms with Crippen LogP contribution in [0.15, 0.2) is 91.3 Å². The summed E-state index contributed by atoms with van der Waals surface area (Å²) >= 11 is 0. The number of rotatable bonds is 13. The van der Waals surface area contributed by atoms with E-state index in [0.717, 1.165) is 59.2 Å². The van der Waals surface area contributed by atoms with Gasteiger partial charge in [-0.15, -0.1) is 0 Å². The van der Waals surface area contributed by atoms with Crippen molar-refractivity contribution in [2.24, 2.45) is 0 Å². The Balaban J connectivity index is 1.22. The number of likely N-dealkylation sites (N-methyl/N-ethyl adjacent to an activating group) is 1. The fourth-order valence-electron chi connectivity index (χ4n) is 4.80. The molecule has 4 N–H and O–H groups in total. The molecular weight excluding hydrogens is 496 g/mol. The summed E-state index contributed by atoms with van der Waals surface area (Å²) in [7, 11) is 1.94. The predicted octanol–water partition coefficient (Wildman–Crippen LogP) is 6.50. The van der Waals surface area contributed by atoms with Crippen LogP contribution in [0, 0.1) is 0 Å². The molecule has 206 valence electrons. The lowest BCUT2D eigenvalue weighted by molar-refractivity contribution is 0.0265. The van der Waals surface area contributed by atoms with Crippen LogP contribution in [0.4, 0.5) is 0 Å². The van der Waals surface area contributed by atoms with Crippen molar-refractivity contribution in [3.05, 3.63) is 108 Å². The molecule has 2 heterocycles. The number of H-pyrrole nitrogens is 2. The fraction of sp³-hybridized carbons (Fsp3) is 0.273. The summed E-state index contributed by atoms with van der Waals surface area (Å²) in [5.41, 5.74) is 7.73. The molecule has 0 aliphatic carbocycles. The van der Waals surface area contributed by atoms with Crippen LogP contribution in [0.25, 0.3) is 33.6 Å². The van der Waals surface area contributed by atoms with Crippen LogP contribution < -0.4 is 10.6 Å². The number of hydrogen-bond acceptors (Lipinski definition) is 5. The average Bonchev–Trinajstić information content (AvgIpc) is 3.68. The van der Waals surface area contributed by atoms with E-state index in [1.54, 1.807) is 0 Å². The van der Waals surface area contributed by atoms with E-state index >= 15 is 0 Å². The highest BCUT2D eigenvalue weighted by Crippen LogP contribution is 2.27. The van der Waals surface area contributed by atoms with Crippen LogP contribution in [-0.4, -0.2) is 39.6 Å². The van der Waals surface area contributed by atoms with Gasteiger partial charge in [0.2, 0.25) is 0 Å². The monoisotopic (exact) mass is 534 g/mol. The summed E-state index contributed by atoms with van der Waals surface area (Å²) in [6, 6.07) is 27.3. The Morgan fingerprint density at radius 3 is 2.00 bits per heavy atom. The zero-order valence-electron chi connectivity index (χ0n) is 23.4. The first-order valence-electron chi connectivity index (χ1n) is 14.0. The Morgan fingerprint density at radius 2 is 1.38 bits per heavy atom. The highest BCUT2D eigenvalue weighted by atomic mass is 16.5. The second-order valence-corrected chi connectivity index (χ2v) is 10.0. The summed E-state index contributed by atoms with van der Waals surface area (Å²) < 4.78 is 6.14. The number of ether oxygens (including phenoxy) is 1. The molecule has 40 heavy (non-hydrogen) atoms. The van der Waals surface area contributed by atoms with Gasteiger partial charge in [0.05, 0.1) is 49.1 Å². The lowest BCUT2D eigenvalue weighted by Gasteiger charge is -2.22. The zero-order valence-corrected chi connectivity index (χ0v) is 23.4. The molecule has 2 aromatic heterocycles. The number of benzene rings is 3. The van der Waals surface area contributed by atoms with Crippen LogP contribution in [0.3, 0.4) is 0 Å². The van der Waals surface area contributed by atoms with Gasteiger partial charge < -0.3 is 25.3 Å². The standard InChI is InChI=1S/C33H38N6O/c1-4-18-35-21-31-36-19-29(38-31)27-14-10-25(11-15-27)26-12-16-28(17-13-26)30-20-37-33(39-30)32(34-3)23(2)40-22-24-8-6-5-7-9-24/h5-17,19-20,23,32,34-35H,4,18,21-22H2,1-3H3,(H,36,38)(H,37,39)/t23-,32+/m1/s1. The molecule has 0 fully saturated rings. The average molecular weight is 535 g/mol. The minimum atomic E-state index is -0.0550. The zero-order chi connectivity index (χ0) is 27.7. The van der Waals surface area contributed by atoms with E-state index in [1.807, 2.05) is 37.6 Å². The minimum Gasteiger partial charge on any atom is -0.372 e. The molecule has 0 aliphatic heterocycles. The normalized spacial score (nSPS) is 12.9. The number of aromatic nitrogens is 4. The molecule has 5 aromatic rings. The van der Waals surface area contributed by atoms with Crippen LogP contribution >= 0.6 is 0 Å². The molecule has 5 rings (SSSR count). The summed E-state index contributed by atoms with van der Waals surface area (Å²) in [5, 5.41) is 6.73. The number of nitrogens with one attached hydrogen (secondary N) is 4. The maximum absolute atomic E-state index is 6.14. The van der Waals surface area contributed by atoms with Crippen molar-refractivity contribution >= 4 is 0 Å². The summed E-state index contributed by atoms with van der Waals surface area (Å²) in [5.74, 6) is 1.82. The van der Waals surface area contributed by atoms with Gasteiger partial charge in [0, 0.05) is 0 Å². The molecule has 0 aliphatic rings. The molecule has 0 bridgehead atoms. The van der Waals surface area contributed by atoms with Gasteiger partial charge >= 0.3 is 0 Å². The highest BCUT2D eigenvalue weighted by molar-refractivity contribution is 5.71. The smallest absolute Gasteiger partial charge is 0.126 e. The van der Waals surface area contributed by atoms with Gasteiger partial charge in [-0.05, 0) is 54.8 Å². The van der Waals surface area contributed by atoms with Gasteiger partial charge in [-0.1, -0.05) is 85.8 Å².